The van der Waals surface area contributed by atoms with Crippen LogP contribution in [0.1, 0.15) is 46.3 Å². The number of aromatic carboxylic acids is 1. The van der Waals surface area contributed by atoms with Gasteiger partial charge >= 0.3 is 13.1 Å². The number of nitrogens with two attached hydrogens (primary N) is 1. The summed E-state index contributed by atoms with van der Waals surface area (Å²) in [5.74, 6) is -1.28. The number of carbonyl (C=O) groups is 2. The Morgan fingerprint density at radius 2 is 1.83 bits per heavy atom. The van der Waals surface area contributed by atoms with Gasteiger partial charge in [0, 0.05) is 18.7 Å². The molecule has 0 radical (unpaired) electrons. The van der Waals surface area contributed by atoms with E-state index in [4.69, 9.17) is 10.4 Å². The summed E-state index contributed by atoms with van der Waals surface area (Å²) in [5.41, 5.74) is 8.42. The Balaban J connectivity index is 1.58. The normalized spacial score (nSPS) is 15.5. The van der Waals surface area contributed by atoms with E-state index in [1.54, 1.807) is 12.1 Å². The van der Waals surface area contributed by atoms with Gasteiger partial charge in [0.2, 0.25) is 0 Å². The molecule has 0 spiro atoms. The second-order valence-electron chi connectivity index (χ2n) is 7.55. The zero-order valence-corrected chi connectivity index (χ0v) is 16.3. The molecular formula is C22H26BNO5. The Labute approximate surface area is 170 Å². The molecule has 0 aliphatic carbocycles. The highest BCUT2D eigenvalue weighted by Gasteiger charge is 2.37. The molecule has 4 N–H and O–H groups in total. The average molecular weight is 395 g/mol. The monoisotopic (exact) mass is 395 g/mol. The number of Topliss-reactive ketones (excluding diaryl/α,β-unsaturated/α-hetero) is 1. The predicted molar refractivity (Wildman–Crippen MR) is 111 cm³/mol. The molecule has 6 nitrogen and oxygen atoms in total. The number of carboxylic acids is 1. The first-order chi connectivity index (χ1) is 14.0. The van der Waals surface area contributed by atoms with Gasteiger partial charge in [0.05, 0.1) is 5.56 Å². The Morgan fingerprint density at radius 3 is 2.52 bits per heavy atom. The number of unbranched alkanes of at least 4 members (excludes halogenated alkanes) is 1. The Kier molecular flexibility index (Phi) is 7.06. The third-order valence-corrected chi connectivity index (χ3v) is 5.28. The van der Waals surface area contributed by atoms with Crippen molar-refractivity contribution in [3.63, 3.8) is 0 Å². The largest absolute Gasteiger partial charge is 0.535 e. The van der Waals surface area contributed by atoms with Crippen molar-refractivity contribution < 1.29 is 24.4 Å². The van der Waals surface area contributed by atoms with E-state index >= 15 is 0 Å². The number of benzene rings is 2. The van der Waals surface area contributed by atoms with E-state index in [0.717, 1.165) is 24.8 Å². The van der Waals surface area contributed by atoms with Crippen LogP contribution in [-0.2, 0) is 24.1 Å². The van der Waals surface area contributed by atoms with E-state index in [0.29, 0.717) is 24.9 Å². The van der Waals surface area contributed by atoms with Crippen molar-refractivity contribution in [2.24, 2.45) is 5.73 Å². The van der Waals surface area contributed by atoms with E-state index < -0.39 is 18.9 Å². The second kappa shape index (κ2) is 9.72. The molecule has 3 rings (SSSR count). The first-order valence-electron chi connectivity index (χ1n) is 9.97. The van der Waals surface area contributed by atoms with E-state index in [9.17, 15) is 19.7 Å². The lowest BCUT2D eigenvalue weighted by molar-refractivity contribution is -0.118. The van der Waals surface area contributed by atoms with Gasteiger partial charge in [0.25, 0.3) is 0 Å². The van der Waals surface area contributed by atoms with Crippen LogP contribution < -0.4 is 10.4 Å². The third kappa shape index (κ3) is 5.46. The SMILES string of the molecule is NCCCCc1ccc(CC(=O)C[C@H]2Cc3cccc(C(=O)O)c3OB2O)cc1. The molecule has 2 aromatic rings. The molecule has 1 aliphatic heterocycles. The summed E-state index contributed by atoms with van der Waals surface area (Å²) in [4.78, 5) is 23.9. The lowest BCUT2D eigenvalue weighted by atomic mass is 9.64. The number of ketones is 1. The van der Waals surface area contributed by atoms with Crippen LogP contribution in [-0.4, -0.2) is 35.5 Å². The van der Waals surface area contributed by atoms with E-state index in [-0.39, 0.29) is 23.5 Å². The molecule has 0 fully saturated rings. The minimum atomic E-state index is -1.20. The lowest BCUT2D eigenvalue weighted by Crippen LogP contribution is -2.36. The zero-order chi connectivity index (χ0) is 20.8. The lowest BCUT2D eigenvalue weighted by Gasteiger charge is -2.28. The maximum absolute atomic E-state index is 12.5. The molecule has 0 saturated carbocycles. The highest BCUT2D eigenvalue weighted by molar-refractivity contribution is 6.47. The summed E-state index contributed by atoms with van der Waals surface area (Å²) in [7, 11) is -1.20. The zero-order valence-electron chi connectivity index (χ0n) is 16.3. The summed E-state index contributed by atoms with van der Waals surface area (Å²) < 4.78 is 5.46. The summed E-state index contributed by atoms with van der Waals surface area (Å²) in [6.45, 7) is 0.700. The number of rotatable bonds is 9. The van der Waals surface area contributed by atoms with Crippen LogP contribution in [0.5, 0.6) is 5.75 Å². The minimum Gasteiger partial charge on any atom is -0.535 e. The predicted octanol–water partition coefficient (Wildman–Crippen LogP) is 2.65. The van der Waals surface area contributed by atoms with E-state index in [1.807, 2.05) is 24.3 Å². The molecule has 2 aromatic carbocycles. The first kappa shape index (κ1) is 21.1. The van der Waals surface area contributed by atoms with Crippen molar-refractivity contribution in [2.45, 2.75) is 44.3 Å². The molecule has 1 aliphatic rings. The van der Waals surface area contributed by atoms with Crippen molar-refractivity contribution in [3.05, 3.63) is 64.7 Å². The quantitative estimate of drug-likeness (QED) is 0.445. The molecular weight excluding hydrogens is 369 g/mol. The van der Waals surface area contributed by atoms with Crippen LogP contribution in [0, 0.1) is 0 Å². The molecule has 1 heterocycles. The summed E-state index contributed by atoms with van der Waals surface area (Å²) in [6.07, 6.45) is 3.92. The highest BCUT2D eigenvalue weighted by Crippen LogP contribution is 2.36. The van der Waals surface area contributed by atoms with Crippen molar-refractivity contribution in [1.82, 2.24) is 0 Å². The Bertz CT molecular complexity index is 868. The topological polar surface area (TPSA) is 110 Å². The number of carbonyl (C=O) groups excluding carboxylic acids is 1. The van der Waals surface area contributed by atoms with Crippen LogP contribution >= 0.6 is 0 Å². The number of hydrogen-bond donors (Lipinski definition) is 3. The van der Waals surface area contributed by atoms with Crippen LogP contribution in [0.25, 0.3) is 0 Å². The van der Waals surface area contributed by atoms with Crippen LogP contribution in [0.2, 0.25) is 5.82 Å². The molecule has 7 heteroatoms. The van der Waals surface area contributed by atoms with Gasteiger partial charge in [-0.2, -0.15) is 0 Å². The smallest absolute Gasteiger partial charge is 0.526 e. The second-order valence-corrected chi connectivity index (χ2v) is 7.55. The molecule has 0 amide bonds. The maximum atomic E-state index is 12.5. The van der Waals surface area contributed by atoms with Gasteiger partial charge in [0.1, 0.15) is 11.5 Å². The van der Waals surface area contributed by atoms with Gasteiger partial charge in [0.15, 0.2) is 0 Å². The maximum Gasteiger partial charge on any atom is 0.526 e. The highest BCUT2D eigenvalue weighted by atomic mass is 16.5. The molecule has 1 atom stereocenters. The fourth-order valence-electron chi connectivity index (χ4n) is 3.72. The summed E-state index contributed by atoms with van der Waals surface area (Å²) in [6, 6.07) is 12.9. The van der Waals surface area contributed by atoms with Gasteiger partial charge in [-0.05, 0) is 55.0 Å². The van der Waals surface area contributed by atoms with Crippen molar-refractivity contribution in [2.75, 3.05) is 6.54 Å². The van der Waals surface area contributed by atoms with Gasteiger partial charge in [-0.3, -0.25) is 4.79 Å². The van der Waals surface area contributed by atoms with Crippen molar-refractivity contribution in [1.29, 1.82) is 0 Å². The van der Waals surface area contributed by atoms with Gasteiger partial charge in [-0.25, -0.2) is 4.79 Å². The van der Waals surface area contributed by atoms with Crippen LogP contribution in [0.3, 0.4) is 0 Å². The molecule has 0 unspecified atom stereocenters. The number of fused-ring (bicyclic) bond motifs is 1. The number of hydrogen-bond acceptors (Lipinski definition) is 5. The number of aryl methyl sites for hydroxylation is 1. The summed E-state index contributed by atoms with van der Waals surface area (Å²) >= 11 is 0. The minimum absolute atomic E-state index is 0.0198. The molecule has 0 aromatic heterocycles. The third-order valence-electron chi connectivity index (χ3n) is 5.28. The number of carboxylic acid groups (broad SMARTS) is 1. The van der Waals surface area contributed by atoms with Crippen molar-refractivity contribution >= 4 is 18.9 Å². The fourth-order valence-corrected chi connectivity index (χ4v) is 3.72. The van der Waals surface area contributed by atoms with Gasteiger partial charge < -0.3 is 20.5 Å². The molecule has 0 saturated heterocycles. The van der Waals surface area contributed by atoms with E-state index in [2.05, 4.69) is 0 Å². The van der Waals surface area contributed by atoms with Crippen LogP contribution in [0.15, 0.2) is 42.5 Å². The average Bonchev–Trinajstić information content (AvgIpc) is 2.69. The van der Waals surface area contributed by atoms with Crippen LogP contribution in [0.4, 0.5) is 0 Å². The van der Waals surface area contributed by atoms with Gasteiger partial charge in [-0.15, -0.1) is 0 Å². The van der Waals surface area contributed by atoms with Crippen molar-refractivity contribution in [3.8, 4) is 5.75 Å². The molecule has 0 bridgehead atoms. The number of para-hydroxylation sites is 1. The molecule has 152 valence electrons. The fraction of sp³-hybridized carbons (Fsp3) is 0.364. The van der Waals surface area contributed by atoms with E-state index in [1.165, 1.54) is 11.6 Å². The van der Waals surface area contributed by atoms with Gasteiger partial charge in [-0.1, -0.05) is 36.4 Å². The summed E-state index contributed by atoms with van der Waals surface area (Å²) in [5, 5.41) is 19.6. The first-order valence-corrected chi connectivity index (χ1v) is 9.97. The Morgan fingerprint density at radius 1 is 1.10 bits per heavy atom. The Hall–Kier alpha value is -2.64. The standard InChI is InChI=1S/C22H26BNO5/c24-11-2-1-4-15-7-9-16(10-8-15)12-19(25)14-18-13-17-5-3-6-20(22(26)27)21(17)29-23(18)28/h3,5-10,18,28H,1-2,4,11-14,24H2,(H,26,27)/t18-/m1/s1. The molecule has 29 heavy (non-hydrogen) atoms.